The molecule has 0 radical (unpaired) electrons. The van der Waals surface area contributed by atoms with Gasteiger partial charge in [-0.1, -0.05) is 0 Å². The van der Waals surface area contributed by atoms with Gasteiger partial charge in [0.05, 0.1) is 18.5 Å². The second kappa shape index (κ2) is 6.64. The van der Waals surface area contributed by atoms with Crippen LogP contribution in [0.3, 0.4) is 0 Å². The number of aliphatic hydroxyl groups is 1. The van der Waals surface area contributed by atoms with Crippen molar-refractivity contribution in [2.75, 3.05) is 37.2 Å². The summed E-state index contributed by atoms with van der Waals surface area (Å²) in [4.78, 5) is 0. The highest BCUT2D eigenvalue weighted by Crippen LogP contribution is 2.04. The van der Waals surface area contributed by atoms with Gasteiger partial charge < -0.3 is 9.84 Å². The Hall–Kier alpha value is 0.220. The molecule has 0 fully saturated rings. The van der Waals surface area contributed by atoms with Gasteiger partial charge in [0.2, 0.25) is 0 Å². The van der Waals surface area contributed by atoms with Crippen LogP contribution in [0.4, 0.5) is 0 Å². The van der Waals surface area contributed by atoms with Crippen LogP contribution in [0.25, 0.3) is 0 Å². The molecule has 0 amide bonds. The SMILES string of the molecule is COCC(O)CSCCS(C)(=O)=O. The number of hydrogen-bond donors (Lipinski definition) is 1. The highest BCUT2D eigenvalue weighted by atomic mass is 32.2. The Labute approximate surface area is 83.6 Å². The van der Waals surface area contributed by atoms with E-state index in [9.17, 15) is 13.5 Å². The van der Waals surface area contributed by atoms with Gasteiger partial charge in [0.15, 0.2) is 0 Å². The Morgan fingerprint density at radius 1 is 1.54 bits per heavy atom. The van der Waals surface area contributed by atoms with Gasteiger partial charge in [-0.25, -0.2) is 8.42 Å². The minimum Gasteiger partial charge on any atom is -0.390 e. The number of thioether (sulfide) groups is 1. The molecule has 80 valence electrons. The predicted molar refractivity (Wildman–Crippen MR) is 54.9 cm³/mol. The van der Waals surface area contributed by atoms with E-state index in [1.54, 1.807) is 0 Å². The summed E-state index contributed by atoms with van der Waals surface area (Å²) < 4.78 is 26.1. The second-order valence-corrected chi connectivity index (χ2v) is 6.22. The Kier molecular flexibility index (Phi) is 6.75. The van der Waals surface area contributed by atoms with E-state index in [4.69, 9.17) is 4.74 Å². The molecular formula is C7H16O4S2. The van der Waals surface area contributed by atoms with Gasteiger partial charge >= 0.3 is 0 Å². The number of rotatable bonds is 7. The summed E-state index contributed by atoms with van der Waals surface area (Å²) in [6.45, 7) is 0.297. The molecule has 0 aliphatic rings. The summed E-state index contributed by atoms with van der Waals surface area (Å²) in [5.41, 5.74) is 0. The van der Waals surface area contributed by atoms with Gasteiger partial charge in [0, 0.05) is 24.9 Å². The maximum Gasteiger partial charge on any atom is 0.148 e. The normalized spacial score (nSPS) is 14.4. The van der Waals surface area contributed by atoms with Crippen LogP contribution >= 0.6 is 11.8 Å². The predicted octanol–water partition coefficient (Wildman–Crippen LogP) is -0.228. The average molecular weight is 228 g/mol. The number of methoxy groups -OCH3 is 1. The number of hydrogen-bond acceptors (Lipinski definition) is 5. The molecule has 0 spiro atoms. The quantitative estimate of drug-likeness (QED) is 0.610. The van der Waals surface area contributed by atoms with Crippen molar-refractivity contribution in [2.45, 2.75) is 6.10 Å². The molecule has 0 bridgehead atoms. The second-order valence-electron chi connectivity index (χ2n) is 2.81. The van der Waals surface area contributed by atoms with E-state index >= 15 is 0 Å². The zero-order valence-electron chi connectivity index (χ0n) is 7.89. The van der Waals surface area contributed by atoms with E-state index < -0.39 is 15.9 Å². The monoisotopic (exact) mass is 228 g/mol. The summed E-state index contributed by atoms with van der Waals surface area (Å²) >= 11 is 1.42. The highest BCUT2D eigenvalue weighted by molar-refractivity contribution is 8.00. The van der Waals surface area contributed by atoms with Gasteiger partial charge in [-0.3, -0.25) is 0 Å². The van der Waals surface area contributed by atoms with Crippen molar-refractivity contribution in [3.63, 3.8) is 0 Å². The van der Waals surface area contributed by atoms with E-state index in [1.807, 2.05) is 0 Å². The Morgan fingerprint density at radius 2 is 2.15 bits per heavy atom. The van der Waals surface area contributed by atoms with Crippen LogP contribution in [0.1, 0.15) is 0 Å². The Balaban J connectivity index is 3.36. The molecule has 0 heterocycles. The first-order chi connectivity index (χ1) is 5.95. The number of sulfone groups is 1. The van der Waals surface area contributed by atoms with Crippen LogP contribution in [-0.2, 0) is 14.6 Å². The molecule has 0 saturated heterocycles. The van der Waals surface area contributed by atoms with Crippen LogP contribution in [-0.4, -0.2) is 56.9 Å². The highest BCUT2D eigenvalue weighted by Gasteiger charge is 2.05. The van der Waals surface area contributed by atoms with Crippen LogP contribution < -0.4 is 0 Å². The van der Waals surface area contributed by atoms with Gasteiger partial charge in [-0.05, 0) is 0 Å². The molecule has 1 unspecified atom stereocenters. The lowest BCUT2D eigenvalue weighted by Crippen LogP contribution is -2.17. The Bertz CT molecular complexity index is 213. The van der Waals surface area contributed by atoms with Crippen LogP contribution in [0.15, 0.2) is 0 Å². The lowest BCUT2D eigenvalue weighted by atomic mass is 10.4. The summed E-state index contributed by atoms with van der Waals surface area (Å²) in [5.74, 6) is 1.21. The third-order valence-corrected chi connectivity index (χ3v) is 3.59. The van der Waals surface area contributed by atoms with Crippen molar-refractivity contribution < 1.29 is 18.3 Å². The van der Waals surface area contributed by atoms with E-state index in [1.165, 1.54) is 25.1 Å². The molecule has 4 nitrogen and oxygen atoms in total. The molecule has 0 aromatic carbocycles. The molecule has 1 N–H and O–H groups in total. The van der Waals surface area contributed by atoms with Crippen LogP contribution in [0.2, 0.25) is 0 Å². The standard InChI is InChI=1S/C7H16O4S2/c1-11-5-7(8)6-12-3-4-13(2,9)10/h7-8H,3-6H2,1-2H3. The van der Waals surface area contributed by atoms with E-state index in [0.717, 1.165) is 0 Å². The molecular weight excluding hydrogens is 212 g/mol. The van der Waals surface area contributed by atoms with Crippen molar-refractivity contribution in [1.82, 2.24) is 0 Å². The molecule has 1 atom stereocenters. The summed E-state index contributed by atoms with van der Waals surface area (Å²) in [6.07, 6.45) is 0.702. The fourth-order valence-corrected chi connectivity index (χ4v) is 2.89. The molecule has 0 aliphatic carbocycles. The number of ether oxygens (including phenoxy) is 1. The fraction of sp³-hybridized carbons (Fsp3) is 1.00. The first-order valence-electron chi connectivity index (χ1n) is 3.88. The fourth-order valence-electron chi connectivity index (χ4n) is 0.670. The lowest BCUT2D eigenvalue weighted by Gasteiger charge is -2.07. The molecule has 0 rings (SSSR count). The van der Waals surface area contributed by atoms with E-state index in [0.29, 0.717) is 18.1 Å². The topological polar surface area (TPSA) is 63.6 Å². The zero-order chi connectivity index (χ0) is 10.3. The molecule has 0 aromatic heterocycles. The van der Waals surface area contributed by atoms with Crippen LogP contribution in [0.5, 0.6) is 0 Å². The molecule has 6 heteroatoms. The summed E-state index contributed by atoms with van der Waals surface area (Å²) in [6, 6.07) is 0. The average Bonchev–Trinajstić information content (AvgIpc) is 1.97. The first-order valence-corrected chi connectivity index (χ1v) is 7.09. The summed E-state index contributed by atoms with van der Waals surface area (Å²) in [7, 11) is -1.35. The molecule has 13 heavy (non-hydrogen) atoms. The van der Waals surface area contributed by atoms with Gasteiger partial charge in [0.25, 0.3) is 0 Å². The largest absolute Gasteiger partial charge is 0.390 e. The maximum absolute atomic E-state index is 10.7. The molecule has 0 saturated carbocycles. The lowest BCUT2D eigenvalue weighted by molar-refractivity contribution is 0.0794. The third-order valence-electron chi connectivity index (χ3n) is 1.27. The van der Waals surface area contributed by atoms with Gasteiger partial charge in [-0.2, -0.15) is 11.8 Å². The van der Waals surface area contributed by atoms with Gasteiger partial charge in [-0.15, -0.1) is 0 Å². The minimum atomic E-state index is -2.87. The van der Waals surface area contributed by atoms with Crippen LogP contribution in [0, 0.1) is 0 Å². The molecule has 0 aromatic rings. The molecule has 0 aliphatic heterocycles. The third kappa shape index (κ3) is 10.1. The number of aliphatic hydroxyl groups excluding tert-OH is 1. The summed E-state index contributed by atoms with van der Waals surface area (Å²) in [5, 5.41) is 9.18. The Morgan fingerprint density at radius 3 is 2.62 bits per heavy atom. The first kappa shape index (κ1) is 13.2. The van der Waals surface area contributed by atoms with E-state index in [2.05, 4.69) is 0 Å². The zero-order valence-corrected chi connectivity index (χ0v) is 9.53. The van der Waals surface area contributed by atoms with Crippen molar-refractivity contribution in [3.05, 3.63) is 0 Å². The van der Waals surface area contributed by atoms with Crippen molar-refractivity contribution in [2.24, 2.45) is 0 Å². The van der Waals surface area contributed by atoms with Crippen molar-refractivity contribution in [1.29, 1.82) is 0 Å². The van der Waals surface area contributed by atoms with Gasteiger partial charge in [0.1, 0.15) is 9.84 Å². The van der Waals surface area contributed by atoms with Crippen molar-refractivity contribution in [3.8, 4) is 0 Å². The van der Waals surface area contributed by atoms with E-state index in [-0.39, 0.29) is 5.75 Å². The smallest absolute Gasteiger partial charge is 0.148 e. The minimum absolute atomic E-state index is 0.164. The van der Waals surface area contributed by atoms with Crippen molar-refractivity contribution >= 4 is 21.6 Å². The maximum atomic E-state index is 10.7.